The maximum Gasteiger partial charge on any atom is 0.264 e. The molecule has 1 saturated carbocycles. The van der Waals surface area contributed by atoms with Crippen molar-refractivity contribution in [2.45, 2.75) is 38.1 Å². The number of anilines is 1. The summed E-state index contributed by atoms with van der Waals surface area (Å²) in [6.07, 6.45) is 7.16. The summed E-state index contributed by atoms with van der Waals surface area (Å²) in [5.41, 5.74) is 1.22. The van der Waals surface area contributed by atoms with Crippen LogP contribution in [0.1, 0.15) is 42.5 Å². The van der Waals surface area contributed by atoms with Gasteiger partial charge >= 0.3 is 0 Å². The smallest absolute Gasteiger partial charge is 0.264 e. The SMILES string of the molecule is CS(=O)(=O)OCCNC1CN(c2ccc3c(C(=O)NCC4CCCCC4)c(Cl)ccc3n2)C1. The summed E-state index contributed by atoms with van der Waals surface area (Å²) >= 11 is 6.41. The molecule has 1 aliphatic carbocycles. The molecule has 33 heavy (non-hydrogen) atoms. The summed E-state index contributed by atoms with van der Waals surface area (Å²) in [5, 5.41) is 7.54. The quantitative estimate of drug-likeness (QED) is 0.408. The Bertz CT molecular complexity index is 1100. The summed E-state index contributed by atoms with van der Waals surface area (Å²) in [6, 6.07) is 7.66. The van der Waals surface area contributed by atoms with E-state index in [9.17, 15) is 13.2 Å². The molecule has 0 spiro atoms. The first-order chi connectivity index (χ1) is 15.8. The van der Waals surface area contributed by atoms with Crippen molar-refractivity contribution in [3.05, 3.63) is 34.9 Å². The van der Waals surface area contributed by atoms with Crippen LogP contribution in [0, 0.1) is 5.92 Å². The molecule has 0 atom stereocenters. The van der Waals surface area contributed by atoms with Crippen LogP contribution < -0.4 is 15.5 Å². The van der Waals surface area contributed by atoms with E-state index in [2.05, 4.69) is 15.5 Å². The van der Waals surface area contributed by atoms with Gasteiger partial charge in [0.2, 0.25) is 0 Å². The molecule has 1 aromatic heterocycles. The van der Waals surface area contributed by atoms with E-state index in [1.165, 1.54) is 32.1 Å². The van der Waals surface area contributed by atoms with E-state index in [1.54, 1.807) is 6.07 Å². The Morgan fingerprint density at radius 1 is 1.18 bits per heavy atom. The summed E-state index contributed by atoms with van der Waals surface area (Å²) in [5.74, 6) is 1.24. The predicted molar refractivity (Wildman–Crippen MR) is 130 cm³/mol. The first kappa shape index (κ1) is 24.2. The average Bonchev–Trinajstić information content (AvgIpc) is 2.76. The minimum Gasteiger partial charge on any atom is -0.353 e. The molecule has 8 nitrogen and oxygen atoms in total. The van der Waals surface area contributed by atoms with Crippen molar-refractivity contribution >= 4 is 44.3 Å². The molecule has 0 radical (unpaired) electrons. The molecule has 2 aromatic rings. The number of benzene rings is 1. The number of rotatable bonds is 9. The Kier molecular flexibility index (Phi) is 7.73. The number of nitrogens with zero attached hydrogens (tertiary/aromatic N) is 2. The molecule has 1 aliphatic heterocycles. The normalized spacial score (nSPS) is 17.8. The molecular weight excluding hydrogens is 464 g/mol. The molecule has 1 amide bonds. The number of halogens is 1. The zero-order chi connectivity index (χ0) is 23.4. The summed E-state index contributed by atoms with van der Waals surface area (Å²) in [4.78, 5) is 19.8. The number of hydrogen-bond acceptors (Lipinski definition) is 7. The highest BCUT2D eigenvalue weighted by atomic mass is 35.5. The van der Waals surface area contributed by atoms with Gasteiger partial charge in [-0.25, -0.2) is 4.98 Å². The average molecular weight is 495 g/mol. The molecule has 2 fully saturated rings. The van der Waals surface area contributed by atoms with Gasteiger partial charge < -0.3 is 15.5 Å². The summed E-state index contributed by atoms with van der Waals surface area (Å²) < 4.78 is 26.7. The second kappa shape index (κ2) is 10.5. The van der Waals surface area contributed by atoms with E-state index in [1.807, 2.05) is 18.2 Å². The maximum atomic E-state index is 12.9. The van der Waals surface area contributed by atoms with E-state index in [0.717, 1.165) is 36.1 Å². The topological polar surface area (TPSA) is 101 Å². The van der Waals surface area contributed by atoms with Gasteiger partial charge in [0.25, 0.3) is 16.0 Å². The van der Waals surface area contributed by atoms with Crippen molar-refractivity contribution in [2.75, 3.05) is 43.9 Å². The van der Waals surface area contributed by atoms with Gasteiger partial charge in [-0.2, -0.15) is 8.42 Å². The number of pyridine rings is 1. The molecule has 4 rings (SSSR count). The highest BCUT2D eigenvalue weighted by Gasteiger charge is 2.28. The number of aromatic nitrogens is 1. The highest BCUT2D eigenvalue weighted by Crippen LogP contribution is 2.29. The summed E-state index contributed by atoms with van der Waals surface area (Å²) in [7, 11) is -3.41. The Morgan fingerprint density at radius 2 is 1.94 bits per heavy atom. The molecular formula is C23H31ClN4O4S. The molecule has 10 heteroatoms. The molecule has 180 valence electrons. The fraction of sp³-hybridized carbons (Fsp3) is 0.565. The lowest BCUT2D eigenvalue weighted by Gasteiger charge is -2.40. The van der Waals surface area contributed by atoms with Crippen LogP contribution in [0.5, 0.6) is 0 Å². The van der Waals surface area contributed by atoms with Crippen molar-refractivity contribution in [1.82, 2.24) is 15.6 Å². The van der Waals surface area contributed by atoms with Crippen LogP contribution in [0.25, 0.3) is 10.9 Å². The number of fused-ring (bicyclic) bond motifs is 1. The molecule has 2 N–H and O–H groups in total. The number of hydrogen-bond donors (Lipinski definition) is 2. The zero-order valence-electron chi connectivity index (χ0n) is 18.8. The fourth-order valence-electron chi connectivity index (χ4n) is 4.54. The Morgan fingerprint density at radius 3 is 2.67 bits per heavy atom. The fourth-order valence-corrected chi connectivity index (χ4v) is 5.18. The van der Waals surface area contributed by atoms with Crippen molar-refractivity contribution in [3.8, 4) is 0 Å². The Labute approximate surface area is 200 Å². The zero-order valence-corrected chi connectivity index (χ0v) is 20.4. The van der Waals surface area contributed by atoms with Gasteiger partial charge in [0.1, 0.15) is 5.82 Å². The van der Waals surface area contributed by atoms with Crippen molar-refractivity contribution in [2.24, 2.45) is 5.92 Å². The van der Waals surface area contributed by atoms with Crippen LogP contribution in [-0.4, -0.2) is 64.4 Å². The molecule has 2 aliphatic rings. The van der Waals surface area contributed by atoms with Crippen molar-refractivity contribution in [3.63, 3.8) is 0 Å². The van der Waals surface area contributed by atoms with Crippen LogP contribution in [0.15, 0.2) is 24.3 Å². The number of carbonyl (C=O) groups excluding carboxylic acids is 1. The van der Waals surface area contributed by atoms with E-state index >= 15 is 0 Å². The van der Waals surface area contributed by atoms with Crippen LogP contribution in [0.3, 0.4) is 0 Å². The minimum atomic E-state index is -3.41. The van der Waals surface area contributed by atoms with E-state index in [0.29, 0.717) is 29.6 Å². The Balaban J connectivity index is 1.36. The van der Waals surface area contributed by atoms with E-state index in [4.69, 9.17) is 20.8 Å². The van der Waals surface area contributed by atoms with Crippen LogP contribution >= 0.6 is 11.6 Å². The molecule has 0 bridgehead atoms. The standard InChI is InChI=1S/C23H31ClN4O4S/c1-33(30,31)32-12-11-25-17-14-28(15-17)21-10-7-18-20(27-21)9-8-19(24)22(18)23(29)26-13-16-5-3-2-4-6-16/h7-10,16-17,25H,2-6,11-15H2,1H3,(H,26,29). The van der Waals surface area contributed by atoms with Gasteiger partial charge in [0.05, 0.1) is 29.0 Å². The minimum absolute atomic E-state index is 0.121. The van der Waals surface area contributed by atoms with Crippen molar-refractivity contribution < 1.29 is 17.4 Å². The van der Waals surface area contributed by atoms with E-state index < -0.39 is 10.1 Å². The highest BCUT2D eigenvalue weighted by molar-refractivity contribution is 7.85. The lowest BCUT2D eigenvalue weighted by Crippen LogP contribution is -2.58. The predicted octanol–water partition coefficient (Wildman–Crippen LogP) is 2.95. The number of carbonyl (C=O) groups is 1. The molecule has 1 aromatic carbocycles. The number of nitrogens with one attached hydrogen (secondary N) is 2. The third-order valence-corrected chi connectivity index (χ3v) is 7.26. The maximum absolute atomic E-state index is 12.9. The van der Waals surface area contributed by atoms with Gasteiger partial charge in [-0.1, -0.05) is 30.9 Å². The van der Waals surface area contributed by atoms with Gasteiger partial charge in [-0.3, -0.25) is 8.98 Å². The summed E-state index contributed by atoms with van der Waals surface area (Å²) in [6.45, 7) is 2.80. The largest absolute Gasteiger partial charge is 0.353 e. The van der Waals surface area contributed by atoms with E-state index in [-0.39, 0.29) is 18.6 Å². The third kappa shape index (κ3) is 6.35. The first-order valence-electron chi connectivity index (χ1n) is 11.5. The van der Waals surface area contributed by atoms with Gasteiger partial charge in [-0.15, -0.1) is 0 Å². The first-order valence-corrected chi connectivity index (χ1v) is 13.7. The monoisotopic (exact) mass is 494 g/mol. The lowest BCUT2D eigenvalue weighted by atomic mass is 9.89. The number of amides is 1. The van der Waals surface area contributed by atoms with Gasteiger partial charge in [0, 0.05) is 37.6 Å². The van der Waals surface area contributed by atoms with Gasteiger partial charge in [0.15, 0.2) is 0 Å². The molecule has 1 saturated heterocycles. The second-order valence-corrected chi connectivity index (χ2v) is 11.0. The van der Waals surface area contributed by atoms with Crippen molar-refractivity contribution in [1.29, 1.82) is 0 Å². The van der Waals surface area contributed by atoms with Crippen LogP contribution in [-0.2, 0) is 14.3 Å². The van der Waals surface area contributed by atoms with Crippen LogP contribution in [0.2, 0.25) is 5.02 Å². The lowest BCUT2D eigenvalue weighted by molar-refractivity contribution is 0.0945. The van der Waals surface area contributed by atoms with Crippen LogP contribution in [0.4, 0.5) is 5.82 Å². The molecule has 2 heterocycles. The third-order valence-electron chi connectivity index (χ3n) is 6.35. The second-order valence-electron chi connectivity index (χ2n) is 8.95. The molecule has 0 unspecified atom stereocenters. The van der Waals surface area contributed by atoms with Gasteiger partial charge in [-0.05, 0) is 43.0 Å². The Hall–Kier alpha value is -1.94.